The van der Waals surface area contributed by atoms with Gasteiger partial charge in [-0.25, -0.2) is 4.99 Å². The van der Waals surface area contributed by atoms with E-state index >= 15 is 0 Å². The zero-order valence-electron chi connectivity index (χ0n) is 14.5. The SMILES string of the molecule is CCC(CC)C(=O)NCCC1C=c2ccc(C)c(C)c2=NC1=O. The number of hydrogen-bond donors (Lipinski definition) is 1. The van der Waals surface area contributed by atoms with Crippen LogP contribution in [-0.4, -0.2) is 18.4 Å². The molecular weight excluding hydrogens is 288 g/mol. The molecule has 1 aliphatic rings. The van der Waals surface area contributed by atoms with Gasteiger partial charge in [0.15, 0.2) is 0 Å². The van der Waals surface area contributed by atoms with Gasteiger partial charge in [-0.05, 0) is 49.5 Å². The van der Waals surface area contributed by atoms with Crippen molar-refractivity contribution in [2.45, 2.75) is 47.0 Å². The van der Waals surface area contributed by atoms with Crippen LogP contribution >= 0.6 is 0 Å². The first-order valence-corrected chi connectivity index (χ1v) is 8.46. The Morgan fingerprint density at radius 1 is 1.26 bits per heavy atom. The summed E-state index contributed by atoms with van der Waals surface area (Å²) in [6.07, 6.45) is 4.28. The predicted octanol–water partition coefficient (Wildman–Crippen LogP) is 1.80. The fraction of sp³-hybridized carbons (Fsp3) is 0.526. The molecule has 0 spiro atoms. The van der Waals surface area contributed by atoms with E-state index in [0.717, 1.165) is 34.5 Å². The summed E-state index contributed by atoms with van der Waals surface area (Å²) < 4.78 is 0. The van der Waals surface area contributed by atoms with Gasteiger partial charge in [-0.3, -0.25) is 9.59 Å². The normalized spacial score (nSPS) is 16.6. The van der Waals surface area contributed by atoms with Crippen molar-refractivity contribution in [1.29, 1.82) is 0 Å². The zero-order valence-corrected chi connectivity index (χ0v) is 14.5. The van der Waals surface area contributed by atoms with E-state index in [4.69, 9.17) is 0 Å². The fourth-order valence-corrected chi connectivity index (χ4v) is 2.95. The van der Waals surface area contributed by atoms with E-state index in [1.54, 1.807) is 0 Å². The lowest BCUT2D eigenvalue weighted by Crippen LogP contribution is -2.38. The maximum atomic E-state index is 12.2. The molecule has 0 radical (unpaired) electrons. The summed E-state index contributed by atoms with van der Waals surface area (Å²) in [4.78, 5) is 28.5. The van der Waals surface area contributed by atoms with Crippen molar-refractivity contribution in [2.75, 3.05) is 6.54 Å². The maximum Gasteiger partial charge on any atom is 0.253 e. The number of aryl methyl sites for hydroxylation is 1. The van der Waals surface area contributed by atoms with E-state index in [1.807, 2.05) is 39.8 Å². The minimum atomic E-state index is -0.244. The molecule has 2 amide bonds. The topological polar surface area (TPSA) is 58.5 Å². The fourth-order valence-electron chi connectivity index (χ4n) is 2.95. The molecule has 0 saturated carbocycles. The van der Waals surface area contributed by atoms with Crippen LogP contribution < -0.4 is 15.9 Å². The van der Waals surface area contributed by atoms with Crippen molar-refractivity contribution in [3.63, 3.8) is 0 Å². The Morgan fingerprint density at radius 2 is 1.96 bits per heavy atom. The van der Waals surface area contributed by atoms with E-state index in [-0.39, 0.29) is 23.7 Å². The minimum Gasteiger partial charge on any atom is -0.356 e. The van der Waals surface area contributed by atoms with E-state index < -0.39 is 0 Å². The third-order valence-electron chi connectivity index (χ3n) is 4.76. The van der Waals surface area contributed by atoms with Crippen LogP contribution in [0.3, 0.4) is 0 Å². The molecule has 1 aliphatic heterocycles. The highest BCUT2D eigenvalue weighted by Crippen LogP contribution is 2.11. The van der Waals surface area contributed by atoms with Crippen LogP contribution in [0.1, 0.15) is 44.2 Å². The van der Waals surface area contributed by atoms with E-state index in [1.165, 1.54) is 0 Å². The molecule has 1 aromatic carbocycles. The first-order chi connectivity index (χ1) is 11.0. The van der Waals surface area contributed by atoms with Crippen molar-refractivity contribution >= 4 is 17.9 Å². The average Bonchev–Trinajstić information content (AvgIpc) is 2.53. The molecule has 4 nitrogen and oxygen atoms in total. The Bertz CT molecular complexity index is 718. The molecule has 1 heterocycles. The van der Waals surface area contributed by atoms with Crippen molar-refractivity contribution < 1.29 is 9.59 Å². The molecule has 0 saturated heterocycles. The molecule has 0 bridgehead atoms. The lowest BCUT2D eigenvalue weighted by molar-refractivity contribution is -0.125. The lowest BCUT2D eigenvalue weighted by Gasteiger charge is -2.16. The van der Waals surface area contributed by atoms with Crippen molar-refractivity contribution in [1.82, 2.24) is 5.32 Å². The van der Waals surface area contributed by atoms with Gasteiger partial charge in [0.2, 0.25) is 5.91 Å². The van der Waals surface area contributed by atoms with Gasteiger partial charge in [0.05, 0.1) is 11.3 Å². The Labute approximate surface area is 137 Å². The van der Waals surface area contributed by atoms with Crippen LogP contribution in [0, 0.1) is 25.7 Å². The summed E-state index contributed by atoms with van der Waals surface area (Å²) in [7, 11) is 0. The summed E-state index contributed by atoms with van der Waals surface area (Å²) in [5, 5.41) is 4.76. The highest BCUT2D eigenvalue weighted by Gasteiger charge is 2.20. The van der Waals surface area contributed by atoms with E-state index in [2.05, 4.69) is 16.4 Å². The van der Waals surface area contributed by atoms with Gasteiger partial charge in [0.25, 0.3) is 5.91 Å². The first-order valence-electron chi connectivity index (χ1n) is 8.46. The maximum absolute atomic E-state index is 12.2. The quantitative estimate of drug-likeness (QED) is 0.870. The summed E-state index contributed by atoms with van der Waals surface area (Å²) in [6.45, 7) is 8.57. The van der Waals surface area contributed by atoms with Crippen LogP contribution in [0.25, 0.3) is 6.08 Å². The number of amides is 2. The number of benzene rings is 1. The van der Waals surface area contributed by atoms with Crippen LogP contribution in [0.4, 0.5) is 0 Å². The largest absolute Gasteiger partial charge is 0.356 e. The van der Waals surface area contributed by atoms with Crippen molar-refractivity contribution in [3.05, 3.63) is 33.8 Å². The number of nitrogens with zero attached hydrogens (tertiary/aromatic N) is 1. The van der Waals surface area contributed by atoms with E-state index in [9.17, 15) is 9.59 Å². The molecule has 124 valence electrons. The van der Waals surface area contributed by atoms with Gasteiger partial charge in [0, 0.05) is 12.5 Å². The molecule has 1 aromatic rings. The molecule has 1 unspecified atom stereocenters. The van der Waals surface area contributed by atoms with Crippen LogP contribution in [0.15, 0.2) is 17.1 Å². The molecule has 0 aliphatic carbocycles. The smallest absolute Gasteiger partial charge is 0.253 e. The predicted molar refractivity (Wildman–Crippen MR) is 91.4 cm³/mol. The minimum absolute atomic E-state index is 0.0667. The van der Waals surface area contributed by atoms with Crippen molar-refractivity contribution in [2.24, 2.45) is 16.8 Å². The second-order valence-corrected chi connectivity index (χ2v) is 6.26. The number of fused-ring (bicyclic) bond motifs is 1. The highest BCUT2D eigenvalue weighted by atomic mass is 16.2. The monoisotopic (exact) mass is 314 g/mol. The Hall–Kier alpha value is -1.97. The average molecular weight is 314 g/mol. The molecular formula is C19H26N2O2. The lowest BCUT2D eigenvalue weighted by atomic mass is 9.97. The Kier molecular flexibility index (Phi) is 5.69. The van der Waals surface area contributed by atoms with Crippen LogP contribution in [-0.2, 0) is 9.59 Å². The summed E-state index contributed by atoms with van der Waals surface area (Å²) in [5.41, 5.74) is 2.21. The number of nitrogens with one attached hydrogen (secondary N) is 1. The number of carbonyl (C=O) groups is 2. The second-order valence-electron chi connectivity index (χ2n) is 6.26. The van der Waals surface area contributed by atoms with Gasteiger partial charge >= 0.3 is 0 Å². The van der Waals surface area contributed by atoms with Gasteiger partial charge in [0.1, 0.15) is 0 Å². The number of hydrogen-bond acceptors (Lipinski definition) is 2. The number of rotatable bonds is 6. The van der Waals surface area contributed by atoms with E-state index in [0.29, 0.717) is 13.0 Å². The van der Waals surface area contributed by atoms with Crippen LogP contribution in [0.5, 0.6) is 0 Å². The summed E-state index contributed by atoms with van der Waals surface area (Å²) in [6, 6.07) is 4.07. The van der Waals surface area contributed by atoms with Crippen molar-refractivity contribution in [3.8, 4) is 0 Å². The molecule has 0 fully saturated rings. The number of carbonyl (C=O) groups excluding carboxylic acids is 2. The van der Waals surface area contributed by atoms with Gasteiger partial charge in [-0.1, -0.05) is 32.1 Å². The molecule has 4 heteroatoms. The molecule has 1 N–H and O–H groups in total. The van der Waals surface area contributed by atoms with Gasteiger partial charge in [-0.2, -0.15) is 0 Å². The standard InChI is InChI=1S/C19H26N2O2/c1-5-14(6-2)18(22)20-10-9-16-11-15-8-7-12(3)13(4)17(15)21-19(16)23/h7-8,11,14,16H,5-6,9-10H2,1-4H3,(H,20,22). The summed E-state index contributed by atoms with van der Waals surface area (Å²) in [5.74, 6) is -0.200. The zero-order chi connectivity index (χ0) is 17.0. The second kappa shape index (κ2) is 7.53. The summed E-state index contributed by atoms with van der Waals surface area (Å²) >= 11 is 0. The van der Waals surface area contributed by atoms with Gasteiger partial charge < -0.3 is 5.32 Å². The molecule has 0 aromatic heterocycles. The van der Waals surface area contributed by atoms with Crippen LogP contribution in [0.2, 0.25) is 0 Å². The highest BCUT2D eigenvalue weighted by molar-refractivity contribution is 5.86. The third-order valence-corrected chi connectivity index (χ3v) is 4.76. The molecule has 23 heavy (non-hydrogen) atoms. The van der Waals surface area contributed by atoms with Gasteiger partial charge in [-0.15, -0.1) is 0 Å². The Morgan fingerprint density at radius 3 is 2.61 bits per heavy atom. The Balaban J connectivity index is 2.05. The molecule has 1 atom stereocenters. The first kappa shape index (κ1) is 17.4. The molecule has 2 rings (SSSR count). The third kappa shape index (κ3) is 3.87.